The lowest BCUT2D eigenvalue weighted by atomic mass is 9.68. The molecule has 8 heteroatoms. The van der Waals surface area contributed by atoms with Crippen LogP contribution in [0.4, 0.5) is 5.69 Å². The van der Waals surface area contributed by atoms with Gasteiger partial charge in [-0.3, -0.25) is 9.69 Å². The first-order chi connectivity index (χ1) is 21.5. The van der Waals surface area contributed by atoms with Gasteiger partial charge in [0.05, 0.1) is 32.2 Å². The SMILES string of the molecule is COc1ccc([C@H]2CN(C)[C@H]([C@@H]3[C@H](c4ccccc4)C(=O)N3c3ccc(OC)cc3)[C@@]23N=C(c2ccccc2)OC3=O)cc1. The molecule has 4 aromatic rings. The summed E-state index contributed by atoms with van der Waals surface area (Å²) in [6.45, 7) is 0.542. The number of carbonyl (C=O) groups is 2. The third kappa shape index (κ3) is 4.28. The van der Waals surface area contributed by atoms with E-state index in [0.717, 1.165) is 28.1 Å². The number of benzene rings is 4. The normalized spacial score (nSPS) is 26.3. The molecule has 0 unspecified atom stereocenters. The van der Waals surface area contributed by atoms with Crippen LogP contribution in [-0.2, 0) is 14.3 Å². The molecule has 3 aliphatic rings. The summed E-state index contributed by atoms with van der Waals surface area (Å²) < 4.78 is 16.9. The number of β-lactam (4-membered cyclic amide) rings is 1. The number of rotatable bonds is 7. The average molecular weight is 588 g/mol. The Labute approximate surface area is 256 Å². The van der Waals surface area contributed by atoms with E-state index in [1.54, 1.807) is 14.2 Å². The number of methoxy groups -OCH3 is 2. The van der Waals surface area contributed by atoms with Crippen LogP contribution in [0, 0.1) is 0 Å². The van der Waals surface area contributed by atoms with E-state index in [0.29, 0.717) is 18.2 Å². The maximum Gasteiger partial charge on any atom is 0.343 e. The molecule has 2 saturated heterocycles. The van der Waals surface area contributed by atoms with Crippen molar-refractivity contribution in [2.45, 2.75) is 29.5 Å². The van der Waals surface area contributed by atoms with Gasteiger partial charge in [0.25, 0.3) is 0 Å². The van der Waals surface area contributed by atoms with Gasteiger partial charge >= 0.3 is 5.97 Å². The van der Waals surface area contributed by atoms with Crippen LogP contribution in [0.25, 0.3) is 0 Å². The third-order valence-electron chi connectivity index (χ3n) is 9.25. The molecule has 2 fully saturated rings. The fourth-order valence-corrected chi connectivity index (χ4v) is 7.19. The molecule has 44 heavy (non-hydrogen) atoms. The minimum Gasteiger partial charge on any atom is -0.497 e. The summed E-state index contributed by atoms with van der Waals surface area (Å²) in [7, 11) is 5.25. The van der Waals surface area contributed by atoms with E-state index in [2.05, 4.69) is 4.90 Å². The molecule has 0 bridgehead atoms. The Morgan fingerprint density at radius 1 is 0.773 bits per heavy atom. The van der Waals surface area contributed by atoms with Gasteiger partial charge in [-0.1, -0.05) is 60.7 Å². The van der Waals surface area contributed by atoms with Crippen molar-refractivity contribution in [3.63, 3.8) is 0 Å². The summed E-state index contributed by atoms with van der Waals surface area (Å²) in [5, 5.41) is 0. The second-order valence-corrected chi connectivity index (χ2v) is 11.5. The highest BCUT2D eigenvalue weighted by molar-refractivity contribution is 6.11. The molecule has 1 spiro atoms. The van der Waals surface area contributed by atoms with Gasteiger partial charge in [-0.15, -0.1) is 0 Å². The molecular formula is C36H33N3O5. The lowest BCUT2D eigenvalue weighted by molar-refractivity contribution is -0.142. The maximum atomic E-state index is 14.4. The number of carbonyl (C=O) groups excluding carboxylic acids is 2. The summed E-state index contributed by atoms with van der Waals surface area (Å²) in [5.41, 5.74) is 2.02. The van der Waals surface area contributed by atoms with Crippen LogP contribution in [0.15, 0.2) is 114 Å². The number of likely N-dealkylation sites (tertiary alicyclic amines) is 1. The van der Waals surface area contributed by atoms with E-state index in [1.165, 1.54) is 0 Å². The second-order valence-electron chi connectivity index (χ2n) is 11.5. The van der Waals surface area contributed by atoms with Gasteiger partial charge in [0.2, 0.25) is 11.8 Å². The van der Waals surface area contributed by atoms with Gasteiger partial charge in [-0.2, -0.15) is 0 Å². The van der Waals surface area contributed by atoms with E-state index in [1.807, 2.05) is 121 Å². The molecule has 3 heterocycles. The molecule has 222 valence electrons. The number of hydrogen-bond acceptors (Lipinski definition) is 7. The quantitative estimate of drug-likeness (QED) is 0.223. The molecule has 7 rings (SSSR count). The van der Waals surface area contributed by atoms with Crippen LogP contribution in [0.5, 0.6) is 11.5 Å². The van der Waals surface area contributed by atoms with Gasteiger partial charge in [-0.25, -0.2) is 9.79 Å². The highest BCUT2D eigenvalue weighted by Crippen LogP contribution is 2.54. The summed E-state index contributed by atoms with van der Waals surface area (Å²) in [6, 6.07) is 33.7. The molecule has 0 N–H and O–H groups in total. The largest absolute Gasteiger partial charge is 0.497 e. The molecule has 8 nitrogen and oxygen atoms in total. The lowest BCUT2D eigenvalue weighted by Crippen LogP contribution is -2.71. The topological polar surface area (TPSA) is 80.7 Å². The van der Waals surface area contributed by atoms with Gasteiger partial charge in [0.15, 0.2) is 5.54 Å². The van der Waals surface area contributed by atoms with Crippen molar-refractivity contribution >= 4 is 23.5 Å². The minimum atomic E-state index is -1.31. The minimum absolute atomic E-state index is 0.0264. The molecule has 5 atom stereocenters. The number of hydrogen-bond donors (Lipinski definition) is 0. The summed E-state index contributed by atoms with van der Waals surface area (Å²) in [4.78, 5) is 37.8. The molecule has 0 aliphatic carbocycles. The molecule has 4 aromatic carbocycles. The number of esters is 1. The number of likely N-dealkylation sites (N-methyl/N-ethyl adjacent to an activating group) is 1. The average Bonchev–Trinajstić information content (AvgIpc) is 3.56. The number of cyclic esters (lactones) is 1. The van der Waals surface area contributed by atoms with Crippen molar-refractivity contribution in [1.29, 1.82) is 0 Å². The molecule has 3 aliphatic heterocycles. The van der Waals surface area contributed by atoms with Gasteiger partial charge in [-0.05, 0) is 66.7 Å². The molecule has 0 aromatic heterocycles. The number of nitrogens with zero attached hydrogens (tertiary/aromatic N) is 3. The number of ether oxygens (including phenoxy) is 3. The van der Waals surface area contributed by atoms with Crippen LogP contribution < -0.4 is 14.4 Å². The van der Waals surface area contributed by atoms with Crippen molar-refractivity contribution in [2.24, 2.45) is 4.99 Å². The molecular weight excluding hydrogens is 554 g/mol. The standard InChI is InChI=1S/C36H33N3O5/c1-38-22-29(23-14-18-27(42-2)19-15-23)36(35(41)44-33(37-36)25-12-8-5-9-13-25)32(38)31-30(24-10-6-4-7-11-24)34(40)39(31)26-16-20-28(43-3)21-17-26/h4-21,29-32H,22H2,1-3H3/t29-,30+,31+,32-,36+/m1/s1. The summed E-state index contributed by atoms with van der Waals surface area (Å²) in [6.07, 6.45) is 0. The van der Waals surface area contributed by atoms with E-state index in [4.69, 9.17) is 19.2 Å². The van der Waals surface area contributed by atoms with Crippen LogP contribution in [0.1, 0.15) is 28.5 Å². The van der Waals surface area contributed by atoms with Crippen LogP contribution in [0.3, 0.4) is 0 Å². The fraction of sp³-hybridized carbons (Fsp3) is 0.250. The predicted octanol–water partition coefficient (Wildman–Crippen LogP) is 5.04. The van der Waals surface area contributed by atoms with Crippen molar-refractivity contribution in [3.05, 3.63) is 126 Å². The lowest BCUT2D eigenvalue weighted by Gasteiger charge is -2.53. The Morgan fingerprint density at radius 3 is 1.98 bits per heavy atom. The number of amides is 1. The molecule has 0 radical (unpaired) electrons. The van der Waals surface area contributed by atoms with Gasteiger partial charge in [0.1, 0.15) is 11.5 Å². The first-order valence-corrected chi connectivity index (χ1v) is 14.7. The number of aliphatic imine (C=N–C) groups is 1. The van der Waals surface area contributed by atoms with Gasteiger partial charge in [0, 0.05) is 23.7 Å². The molecule has 0 saturated carbocycles. The monoisotopic (exact) mass is 587 g/mol. The zero-order valence-corrected chi connectivity index (χ0v) is 24.8. The van der Waals surface area contributed by atoms with Crippen molar-refractivity contribution in [2.75, 3.05) is 32.7 Å². The Hall–Kier alpha value is -4.95. The second kappa shape index (κ2) is 11.0. The first-order valence-electron chi connectivity index (χ1n) is 14.7. The van der Waals surface area contributed by atoms with E-state index in [9.17, 15) is 9.59 Å². The van der Waals surface area contributed by atoms with E-state index < -0.39 is 29.5 Å². The van der Waals surface area contributed by atoms with Crippen molar-refractivity contribution in [3.8, 4) is 11.5 Å². The Bertz CT molecular complexity index is 1710. The Morgan fingerprint density at radius 2 is 1.36 bits per heavy atom. The van der Waals surface area contributed by atoms with Crippen LogP contribution in [-0.4, -0.2) is 68.1 Å². The molecule has 1 amide bonds. The summed E-state index contributed by atoms with van der Waals surface area (Å²) >= 11 is 0. The zero-order chi connectivity index (χ0) is 30.4. The highest BCUT2D eigenvalue weighted by atomic mass is 16.6. The third-order valence-corrected chi connectivity index (χ3v) is 9.25. The predicted molar refractivity (Wildman–Crippen MR) is 167 cm³/mol. The van der Waals surface area contributed by atoms with Crippen LogP contribution >= 0.6 is 0 Å². The fourth-order valence-electron chi connectivity index (χ4n) is 7.19. The Balaban J connectivity index is 1.41. The first kappa shape index (κ1) is 27.9. The Kier molecular flexibility index (Phi) is 6.94. The van der Waals surface area contributed by atoms with Crippen molar-refractivity contribution in [1.82, 2.24) is 4.90 Å². The zero-order valence-electron chi connectivity index (χ0n) is 24.8. The van der Waals surface area contributed by atoms with Crippen LogP contribution in [0.2, 0.25) is 0 Å². The maximum absolute atomic E-state index is 14.4. The van der Waals surface area contributed by atoms with Crippen molar-refractivity contribution < 1.29 is 23.8 Å². The number of anilines is 1. The smallest absolute Gasteiger partial charge is 0.343 e. The van der Waals surface area contributed by atoms with E-state index in [-0.39, 0.29) is 11.8 Å². The van der Waals surface area contributed by atoms with Gasteiger partial charge < -0.3 is 19.1 Å². The summed E-state index contributed by atoms with van der Waals surface area (Å²) in [5.74, 6) is 0.486. The van der Waals surface area contributed by atoms with E-state index >= 15 is 0 Å². The highest BCUT2D eigenvalue weighted by Gasteiger charge is 2.70.